The van der Waals surface area contributed by atoms with E-state index in [1.807, 2.05) is 0 Å². The number of hydrogen-bond donors (Lipinski definition) is 7. The Morgan fingerprint density at radius 2 is 1.40 bits per heavy atom. The number of ether oxygens (including phenoxy) is 2. The number of rotatable bonds is 6. The van der Waals surface area contributed by atoms with Crippen molar-refractivity contribution in [2.45, 2.75) is 31.6 Å². The molecule has 1 atom stereocenters. The number of fused-ring (bicyclic) bond motifs is 1. The van der Waals surface area contributed by atoms with Crippen molar-refractivity contribution >= 4 is 5.78 Å². The van der Waals surface area contributed by atoms with Gasteiger partial charge in [-0.15, -0.1) is 0 Å². The maximum absolute atomic E-state index is 13.1. The van der Waals surface area contributed by atoms with E-state index in [9.17, 15) is 40.5 Å². The van der Waals surface area contributed by atoms with Gasteiger partial charge in [-0.3, -0.25) is 9.69 Å². The number of benzene rings is 2. The highest BCUT2D eigenvalue weighted by atomic mass is 16.5. The third-order valence-electron chi connectivity index (χ3n) is 7.17. The number of phenolic OH excluding ortho intramolecular Hbond substituents is 5. The van der Waals surface area contributed by atoms with Gasteiger partial charge in [0.05, 0.1) is 25.7 Å². The zero-order valence-corrected chi connectivity index (χ0v) is 19.4. The molecule has 1 aliphatic heterocycles. The Morgan fingerprint density at radius 1 is 0.886 bits per heavy atom. The van der Waals surface area contributed by atoms with Gasteiger partial charge in [0.1, 0.15) is 0 Å². The van der Waals surface area contributed by atoms with E-state index >= 15 is 0 Å². The van der Waals surface area contributed by atoms with E-state index in [1.165, 1.54) is 14.2 Å². The highest BCUT2D eigenvalue weighted by molar-refractivity contribution is 6.03. The summed E-state index contributed by atoms with van der Waals surface area (Å²) in [6, 6.07) is 3.23. The molecule has 35 heavy (non-hydrogen) atoms. The third kappa shape index (κ3) is 4.05. The molecular formula is C24H29NO10. The number of likely N-dealkylation sites (tertiary alicyclic amines) is 1. The SMILES string of the molecule is COc1cc2c(cc1OC)C(=O)C(C(O)(O)C1CCN(Cc3c(O)c(O)c(O)c(O)c3O)CC1)C2. The van der Waals surface area contributed by atoms with Gasteiger partial charge in [-0.1, -0.05) is 0 Å². The maximum atomic E-state index is 13.1. The van der Waals surface area contributed by atoms with Gasteiger partial charge in [0, 0.05) is 18.0 Å². The van der Waals surface area contributed by atoms with Gasteiger partial charge in [-0.25, -0.2) is 0 Å². The molecule has 2 aromatic rings. The van der Waals surface area contributed by atoms with Crippen molar-refractivity contribution in [3.05, 3.63) is 28.8 Å². The highest BCUT2D eigenvalue weighted by Crippen LogP contribution is 2.51. The van der Waals surface area contributed by atoms with E-state index in [-0.39, 0.29) is 24.3 Å². The second-order valence-electron chi connectivity index (χ2n) is 9.04. The van der Waals surface area contributed by atoms with Crippen molar-refractivity contribution in [3.63, 3.8) is 0 Å². The first-order valence-electron chi connectivity index (χ1n) is 11.1. The Balaban J connectivity index is 1.46. The number of nitrogens with zero attached hydrogens (tertiary/aromatic N) is 1. The van der Waals surface area contributed by atoms with Crippen LogP contribution in [-0.2, 0) is 13.0 Å². The molecule has 11 nitrogen and oxygen atoms in total. The molecule has 1 heterocycles. The predicted octanol–water partition coefficient (Wildman–Crippen LogP) is 1.18. The Labute approximate surface area is 201 Å². The average Bonchev–Trinajstić information content (AvgIpc) is 3.19. The molecule has 1 saturated heterocycles. The van der Waals surface area contributed by atoms with Crippen molar-refractivity contribution in [3.8, 4) is 40.2 Å². The molecule has 4 rings (SSSR count). The van der Waals surface area contributed by atoms with Gasteiger partial charge in [0.15, 0.2) is 34.6 Å². The molecule has 1 unspecified atom stereocenters. The number of Topliss-reactive ketones (excluding diaryl/α,β-unsaturated/α-hetero) is 1. The molecule has 2 aromatic carbocycles. The van der Waals surface area contributed by atoms with Crippen LogP contribution in [0.15, 0.2) is 12.1 Å². The number of hydrogen-bond acceptors (Lipinski definition) is 11. The molecule has 0 saturated carbocycles. The van der Waals surface area contributed by atoms with Crippen LogP contribution in [0.4, 0.5) is 0 Å². The Morgan fingerprint density at radius 3 is 1.94 bits per heavy atom. The number of phenols is 5. The Hall–Kier alpha value is -3.41. The summed E-state index contributed by atoms with van der Waals surface area (Å²) >= 11 is 0. The van der Waals surface area contributed by atoms with Crippen molar-refractivity contribution < 1.29 is 50.0 Å². The summed E-state index contributed by atoms with van der Waals surface area (Å²) in [6.45, 7) is 0.581. The van der Waals surface area contributed by atoms with Gasteiger partial charge in [0.2, 0.25) is 17.2 Å². The minimum atomic E-state index is -2.26. The molecule has 7 N–H and O–H groups in total. The molecule has 190 valence electrons. The largest absolute Gasteiger partial charge is 0.504 e. The first kappa shape index (κ1) is 24.7. The maximum Gasteiger partial charge on any atom is 0.208 e. The van der Waals surface area contributed by atoms with E-state index in [0.717, 1.165) is 0 Å². The van der Waals surface area contributed by atoms with Crippen molar-refractivity contribution in [1.82, 2.24) is 4.90 Å². The third-order valence-corrected chi connectivity index (χ3v) is 7.17. The van der Waals surface area contributed by atoms with Crippen LogP contribution in [0.2, 0.25) is 0 Å². The van der Waals surface area contributed by atoms with Crippen LogP contribution in [0.5, 0.6) is 40.2 Å². The summed E-state index contributed by atoms with van der Waals surface area (Å²) in [5.74, 6) is -7.88. The second kappa shape index (κ2) is 8.99. The van der Waals surface area contributed by atoms with Crippen LogP contribution in [-0.4, -0.2) is 79.5 Å². The summed E-state index contributed by atoms with van der Waals surface area (Å²) in [7, 11) is 2.94. The minimum absolute atomic E-state index is 0.0664. The highest BCUT2D eigenvalue weighted by Gasteiger charge is 2.50. The lowest BCUT2D eigenvalue weighted by atomic mass is 9.79. The lowest BCUT2D eigenvalue weighted by Gasteiger charge is -2.40. The predicted molar refractivity (Wildman–Crippen MR) is 121 cm³/mol. The number of ketones is 1. The van der Waals surface area contributed by atoms with Gasteiger partial charge in [-0.05, 0) is 50.0 Å². The van der Waals surface area contributed by atoms with E-state index < -0.39 is 46.4 Å². The summed E-state index contributed by atoms with van der Waals surface area (Å²) < 4.78 is 10.5. The second-order valence-corrected chi connectivity index (χ2v) is 9.04. The van der Waals surface area contributed by atoms with E-state index in [2.05, 4.69) is 0 Å². The molecule has 0 spiro atoms. The average molecular weight is 491 g/mol. The summed E-state index contributed by atoms with van der Waals surface area (Å²) in [5.41, 5.74) is 0.857. The number of methoxy groups -OCH3 is 2. The number of carbonyl (C=O) groups is 1. The monoisotopic (exact) mass is 491 g/mol. The molecule has 1 fully saturated rings. The molecule has 0 amide bonds. The summed E-state index contributed by atoms with van der Waals surface area (Å²) in [5, 5.41) is 71.4. The number of piperidine rings is 1. The van der Waals surface area contributed by atoms with Crippen LogP contribution in [0.25, 0.3) is 0 Å². The van der Waals surface area contributed by atoms with Gasteiger partial charge >= 0.3 is 0 Å². The first-order valence-corrected chi connectivity index (χ1v) is 11.1. The van der Waals surface area contributed by atoms with E-state index in [0.29, 0.717) is 48.6 Å². The van der Waals surface area contributed by atoms with Crippen LogP contribution in [0, 0.1) is 11.8 Å². The molecule has 0 radical (unpaired) electrons. The lowest BCUT2D eigenvalue weighted by Crippen LogP contribution is -2.51. The molecule has 0 aromatic heterocycles. The zero-order valence-electron chi connectivity index (χ0n) is 19.4. The Kier molecular flexibility index (Phi) is 6.34. The zero-order chi connectivity index (χ0) is 25.7. The van der Waals surface area contributed by atoms with Gasteiger partial charge in [-0.2, -0.15) is 0 Å². The van der Waals surface area contributed by atoms with Crippen LogP contribution >= 0.6 is 0 Å². The number of carbonyl (C=O) groups excluding carboxylic acids is 1. The van der Waals surface area contributed by atoms with E-state index in [4.69, 9.17) is 9.47 Å². The quantitative estimate of drug-likeness (QED) is 0.175. The van der Waals surface area contributed by atoms with Gasteiger partial charge < -0.3 is 45.2 Å². The van der Waals surface area contributed by atoms with Crippen LogP contribution in [0.3, 0.4) is 0 Å². The van der Waals surface area contributed by atoms with Crippen LogP contribution in [0.1, 0.15) is 34.3 Å². The number of aromatic hydroxyl groups is 5. The minimum Gasteiger partial charge on any atom is -0.504 e. The fourth-order valence-corrected chi connectivity index (χ4v) is 5.07. The normalized spacial score (nSPS) is 19.1. The van der Waals surface area contributed by atoms with Crippen LogP contribution < -0.4 is 9.47 Å². The fraction of sp³-hybridized carbons (Fsp3) is 0.458. The van der Waals surface area contributed by atoms with Crippen molar-refractivity contribution in [2.24, 2.45) is 11.8 Å². The topological polar surface area (TPSA) is 180 Å². The van der Waals surface area contributed by atoms with Crippen molar-refractivity contribution in [2.75, 3.05) is 27.3 Å². The lowest BCUT2D eigenvalue weighted by molar-refractivity contribution is -0.231. The molecule has 11 heteroatoms. The first-order chi connectivity index (χ1) is 16.5. The molecule has 2 aliphatic rings. The Bertz CT molecular complexity index is 1120. The smallest absolute Gasteiger partial charge is 0.208 e. The molecule has 0 bridgehead atoms. The van der Waals surface area contributed by atoms with Gasteiger partial charge in [0.25, 0.3) is 0 Å². The number of aliphatic hydroxyl groups is 2. The standard InChI is InChI=1S/C24H29NO10/c1-34-16-8-11-7-15(18(26)13(11)9-17(16)35-2)24(32,33)12-3-5-25(6-4-12)10-14-19(27)21(29)23(31)22(30)20(14)28/h8-9,12,15,27-33H,3-7,10H2,1-2H3. The summed E-state index contributed by atoms with van der Waals surface area (Å²) in [6.07, 6.45) is 0.754. The molecule has 1 aliphatic carbocycles. The molecular weight excluding hydrogens is 462 g/mol. The fourth-order valence-electron chi connectivity index (χ4n) is 5.07. The summed E-state index contributed by atoms with van der Waals surface area (Å²) in [4.78, 5) is 14.9. The van der Waals surface area contributed by atoms with E-state index in [1.54, 1.807) is 17.0 Å². The van der Waals surface area contributed by atoms with Crippen molar-refractivity contribution in [1.29, 1.82) is 0 Å².